The molecule has 1 aliphatic heterocycles. The quantitative estimate of drug-likeness (QED) is 0.205. The van der Waals surface area contributed by atoms with Crippen LogP contribution in [0, 0.1) is 10.1 Å². The number of phenolic OH excluding ortho intramolecular Hbond substituents is 1. The van der Waals surface area contributed by atoms with Crippen molar-refractivity contribution in [3.05, 3.63) is 70.8 Å². The second-order valence-corrected chi connectivity index (χ2v) is 7.86. The summed E-state index contributed by atoms with van der Waals surface area (Å²) >= 11 is 1.19. The number of rotatable bonds is 5. The molecule has 10 nitrogen and oxygen atoms in total. The minimum atomic E-state index is -1.00. The van der Waals surface area contributed by atoms with Gasteiger partial charge in [-0.15, -0.1) is 6.58 Å². The van der Waals surface area contributed by atoms with E-state index in [1.807, 2.05) is 0 Å². The van der Waals surface area contributed by atoms with Crippen LogP contribution in [0.25, 0.3) is 11.3 Å². The number of aromatic nitrogens is 3. The van der Waals surface area contributed by atoms with E-state index in [4.69, 9.17) is 0 Å². The summed E-state index contributed by atoms with van der Waals surface area (Å²) in [6, 6.07) is 10.6. The van der Waals surface area contributed by atoms with Crippen LogP contribution in [-0.2, 0) is 4.79 Å². The van der Waals surface area contributed by atoms with Gasteiger partial charge in [0.1, 0.15) is 0 Å². The molecule has 1 aliphatic rings. The maximum atomic E-state index is 13.0. The van der Waals surface area contributed by atoms with Crippen molar-refractivity contribution in [1.29, 1.82) is 0 Å². The van der Waals surface area contributed by atoms with Crippen LogP contribution >= 0.6 is 11.8 Å². The minimum Gasteiger partial charge on any atom is -0.854 e. The Labute approximate surface area is 186 Å². The summed E-state index contributed by atoms with van der Waals surface area (Å²) in [5.41, 5.74) is 0.847. The Morgan fingerprint density at radius 2 is 2.12 bits per heavy atom. The fourth-order valence-electron chi connectivity index (χ4n) is 3.62. The predicted octanol–water partition coefficient (Wildman–Crippen LogP) is 2.31. The SMILES string of the molecule is C=CCSc1nc([O-])c2[n+](n1)C(c1ccc(O)c([N+](=O)[O-])c1)N(C(C)=O)c1ccccc1-2. The van der Waals surface area contributed by atoms with Crippen molar-refractivity contribution in [1.82, 2.24) is 10.1 Å². The molecule has 1 atom stereocenters. The highest BCUT2D eigenvalue weighted by atomic mass is 32.2. The largest absolute Gasteiger partial charge is 0.854 e. The van der Waals surface area contributed by atoms with E-state index >= 15 is 0 Å². The van der Waals surface area contributed by atoms with Crippen molar-refractivity contribution < 1.29 is 24.6 Å². The van der Waals surface area contributed by atoms with Gasteiger partial charge in [-0.1, -0.05) is 34.7 Å². The first-order chi connectivity index (χ1) is 15.3. The van der Waals surface area contributed by atoms with E-state index < -0.39 is 28.4 Å². The maximum Gasteiger partial charge on any atom is 0.311 e. The number of hydrogen-bond donors (Lipinski definition) is 1. The van der Waals surface area contributed by atoms with Gasteiger partial charge >= 0.3 is 5.69 Å². The third-order valence-corrected chi connectivity index (χ3v) is 5.71. The van der Waals surface area contributed by atoms with Crippen LogP contribution in [0.3, 0.4) is 0 Å². The Morgan fingerprint density at radius 1 is 1.38 bits per heavy atom. The van der Waals surface area contributed by atoms with E-state index in [1.165, 1.54) is 46.5 Å². The van der Waals surface area contributed by atoms with Crippen molar-refractivity contribution in [2.75, 3.05) is 10.7 Å². The Kier molecular flexibility index (Phi) is 5.49. The van der Waals surface area contributed by atoms with Gasteiger partial charge < -0.3 is 10.2 Å². The molecule has 3 aromatic rings. The van der Waals surface area contributed by atoms with Crippen LogP contribution in [0.2, 0.25) is 0 Å². The number of para-hydroxylation sites is 1. The Hall–Kier alpha value is -3.99. The zero-order valence-electron chi connectivity index (χ0n) is 16.8. The maximum absolute atomic E-state index is 13.0. The van der Waals surface area contributed by atoms with Crippen LogP contribution in [0.4, 0.5) is 11.4 Å². The molecule has 162 valence electrons. The number of nitrogens with zero attached hydrogens (tertiary/aromatic N) is 5. The van der Waals surface area contributed by atoms with E-state index in [9.17, 15) is 25.1 Å². The fourth-order valence-corrected chi connectivity index (χ4v) is 4.18. The fraction of sp³-hybridized carbons (Fsp3) is 0.143. The third-order valence-electron chi connectivity index (χ3n) is 4.88. The predicted molar refractivity (Wildman–Crippen MR) is 114 cm³/mol. The third kappa shape index (κ3) is 3.52. The number of aromatic hydroxyl groups is 1. The highest BCUT2D eigenvalue weighted by molar-refractivity contribution is 7.99. The molecule has 1 aromatic heterocycles. The molecule has 2 aromatic carbocycles. The van der Waals surface area contributed by atoms with E-state index in [0.29, 0.717) is 22.6 Å². The smallest absolute Gasteiger partial charge is 0.311 e. The lowest BCUT2D eigenvalue weighted by molar-refractivity contribution is -0.764. The first-order valence-corrected chi connectivity index (χ1v) is 10.4. The summed E-state index contributed by atoms with van der Waals surface area (Å²) in [7, 11) is 0. The first-order valence-electron chi connectivity index (χ1n) is 9.44. The van der Waals surface area contributed by atoms with Crippen LogP contribution < -0.4 is 14.7 Å². The lowest BCUT2D eigenvalue weighted by Gasteiger charge is -2.32. The number of amides is 1. The second kappa shape index (κ2) is 8.27. The number of thioether (sulfide) groups is 1. The number of carbonyl (C=O) groups is 1. The Morgan fingerprint density at radius 3 is 2.81 bits per heavy atom. The van der Waals surface area contributed by atoms with Crippen molar-refractivity contribution in [3.63, 3.8) is 0 Å². The molecule has 0 bridgehead atoms. The van der Waals surface area contributed by atoms with Gasteiger partial charge in [0.25, 0.3) is 17.0 Å². The van der Waals surface area contributed by atoms with Gasteiger partial charge in [0.05, 0.1) is 27.6 Å². The standard InChI is InChI=1S/C21H17N5O5S/c1-3-10-32-21-22-19(29)18-14-6-4-5-7-15(14)24(12(2)27)20(25(18)23-21)13-8-9-17(28)16(11-13)26(30)31/h3-9,11,20H,1,10H2,2H3,(H-,22,23,28,29). The molecule has 2 heterocycles. The van der Waals surface area contributed by atoms with Gasteiger partial charge in [0.15, 0.2) is 5.75 Å². The molecule has 0 saturated heterocycles. The summed E-state index contributed by atoms with van der Waals surface area (Å²) in [6.07, 6.45) is 0.635. The average Bonchev–Trinajstić information content (AvgIpc) is 2.76. The lowest BCUT2D eigenvalue weighted by atomic mass is 10.0. The Balaban J connectivity index is 2.04. The van der Waals surface area contributed by atoms with Gasteiger partial charge in [0.2, 0.25) is 5.91 Å². The molecule has 0 spiro atoms. The molecule has 1 amide bonds. The first kappa shape index (κ1) is 21.2. The van der Waals surface area contributed by atoms with Gasteiger partial charge in [-0.05, 0) is 24.3 Å². The zero-order valence-corrected chi connectivity index (χ0v) is 17.7. The summed E-state index contributed by atoms with van der Waals surface area (Å²) in [6.45, 7) is 5.00. The summed E-state index contributed by atoms with van der Waals surface area (Å²) in [5, 5.41) is 39.0. The number of benzene rings is 2. The van der Waals surface area contributed by atoms with Crippen LogP contribution in [-0.4, -0.2) is 31.8 Å². The molecule has 0 aliphatic carbocycles. The normalized spacial score (nSPS) is 14.4. The molecule has 0 fully saturated rings. The number of phenols is 1. The van der Waals surface area contributed by atoms with Crippen molar-refractivity contribution in [2.45, 2.75) is 18.2 Å². The number of hydrogen-bond acceptors (Lipinski definition) is 8. The van der Waals surface area contributed by atoms with Gasteiger partial charge in [-0.2, -0.15) is 0 Å². The van der Waals surface area contributed by atoms with Gasteiger partial charge in [-0.25, -0.2) is 9.88 Å². The Bertz CT molecular complexity index is 1270. The molecule has 32 heavy (non-hydrogen) atoms. The molecular formula is C21H17N5O5S. The van der Waals surface area contributed by atoms with E-state index in [1.54, 1.807) is 30.3 Å². The molecule has 11 heteroatoms. The molecule has 1 N–H and O–H groups in total. The minimum absolute atomic E-state index is 0.154. The lowest BCUT2D eigenvalue weighted by Crippen LogP contribution is -2.58. The van der Waals surface area contributed by atoms with Gasteiger partial charge in [-0.3, -0.25) is 14.9 Å². The molecule has 4 rings (SSSR count). The second-order valence-electron chi connectivity index (χ2n) is 6.88. The molecular weight excluding hydrogens is 434 g/mol. The molecule has 0 saturated carbocycles. The number of fused-ring (bicyclic) bond motifs is 3. The van der Waals surface area contributed by atoms with Gasteiger partial charge in [0, 0.05) is 23.8 Å². The summed E-state index contributed by atoms with van der Waals surface area (Å²) in [4.78, 5) is 28.9. The number of nitro benzene ring substituents is 1. The monoisotopic (exact) mass is 451 g/mol. The molecule has 1 unspecified atom stereocenters. The van der Waals surface area contributed by atoms with E-state index in [0.717, 1.165) is 0 Å². The van der Waals surface area contributed by atoms with E-state index in [-0.39, 0.29) is 16.8 Å². The van der Waals surface area contributed by atoms with Crippen LogP contribution in [0.5, 0.6) is 11.6 Å². The molecule has 0 radical (unpaired) electrons. The highest BCUT2D eigenvalue weighted by Gasteiger charge is 2.44. The average molecular weight is 451 g/mol. The topological polar surface area (TPSA) is 136 Å². The van der Waals surface area contributed by atoms with Crippen LogP contribution in [0.1, 0.15) is 18.7 Å². The number of anilines is 1. The van der Waals surface area contributed by atoms with Crippen molar-refractivity contribution in [3.8, 4) is 22.9 Å². The van der Waals surface area contributed by atoms with Crippen molar-refractivity contribution >= 4 is 29.0 Å². The highest BCUT2D eigenvalue weighted by Crippen LogP contribution is 2.41. The summed E-state index contributed by atoms with van der Waals surface area (Å²) < 4.78 is 1.36. The number of carbonyl (C=O) groups excluding carboxylic acids is 1. The zero-order chi connectivity index (χ0) is 23.0. The van der Waals surface area contributed by atoms with Crippen LogP contribution in [0.15, 0.2) is 60.3 Å². The van der Waals surface area contributed by atoms with Crippen molar-refractivity contribution in [2.24, 2.45) is 0 Å². The number of nitro groups is 1. The van der Waals surface area contributed by atoms with E-state index in [2.05, 4.69) is 16.7 Å². The summed E-state index contributed by atoms with van der Waals surface area (Å²) in [5.74, 6) is -0.951.